The molecule has 0 saturated heterocycles. The molecule has 2 N–H and O–H groups in total. The largest absolute Gasteiger partial charge is 0.390 e. The molecule has 1 aliphatic carbocycles. The van der Waals surface area contributed by atoms with Gasteiger partial charge in [-0.1, -0.05) is 24.3 Å². The molecule has 0 aromatic heterocycles. The Morgan fingerprint density at radius 1 is 1.04 bits per heavy atom. The molecule has 2 aromatic rings. The lowest BCUT2D eigenvalue weighted by Crippen LogP contribution is -2.26. The summed E-state index contributed by atoms with van der Waals surface area (Å²) in [6.07, 6.45) is -0.820. The maximum absolute atomic E-state index is 14.2. The molecule has 0 aliphatic heterocycles. The van der Waals surface area contributed by atoms with Gasteiger partial charge < -0.3 is 10.4 Å². The highest BCUT2D eigenvalue weighted by Crippen LogP contribution is 2.33. The number of anilines is 1. The van der Waals surface area contributed by atoms with Gasteiger partial charge in [-0.3, -0.25) is 9.59 Å². The van der Waals surface area contributed by atoms with Gasteiger partial charge in [-0.25, -0.2) is 4.39 Å². The van der Waals surface area contributed by atoms with Crippen molar-refractivity contribution in [3.05, 3.63) is 64.5 Å². The van der Waals surface area contributed by atoms with Crippen LogP contribution in [-0.2, 0) is 0 Å². The maximum atomic E-state index is 14.2. The zero-order chi connectivity index (χ0) is 16.6. The van der Waals surface area contributed by atoms with Crippen molar-refractivity contribution in [2.75, 3.05) is 17.7 Å². The van der Waals surface area contributed by atoms with Crippen LogP contribution in [0.1, 0.15) is 31.8 Å². The lowest BCUT2D eigenvalue weighted by atomic mass is 9.83. The predicted octanol–water partition coefficient (Wildman–Crippen LogP) is 2.61. The van der Waals surface area contributed by atoms with Crippen molar-refractivity contribution < 1.29 is 19.1 Å². The fourth-order valence-corrected chi connectivity index (χ4v) is 2.72. The Morgan fingerprint density at radius 2 is 1.65 bits per heavy atom. The van der Waals surface area contributed by atoms with Crippen molar-refractivity contribution in [1.29, 1.82) is 0 Å². The minimum atomic E-state index is -0.820. The molecule has 4 nitrogen and oxygen atoms in total. The van der Waals surface area contributed by atoms with Gasteiger partial charge in [-0.05, 0) is 12.1 Å². The highest BCUT2D eigenvalue weighted by Gasteiger charge is 2.34. The van der Waals surface area contributed by atoms with Gasteiger partial charge in [0.05, 0.1) is 23.1 Å². The second-order valence-electron chi connectivity index (χ2n) is 5.24. The lowest BCUT2D eigenvalue weighted by molar-refractivity contribution is 0.0976. The van der Waals surface area contributed by atoms with Crippen molar-refractivity contribution in [2.24, 2.45) is 0 Å². The molecule has 1 unspecified atom stereocenters. The number of hydrogen-bond donors (Lipinski definition) is 2. The van der Waals surface area contributed by atoms with Gasteiger partial charge in [0.2, 0.25) is 0 Å². The third kappa shape index (κ3) is 2.62. The van der Waals surface area contributed by atoms with Gasteiger partial charge >= 0.3 is 0 Å². The van der Waals surface area contributed by atoms with Crippen LogP contribution in [0.3, 0.4) is 0 Å². The fourth-order valence-electron chi connectivity index (χ4n) is 2.61. The molecule has 0 heterocycles. The number of carbonyl (C=O) groups is 2. The molecular formula is C17H13ClFNO3. The van der Waals surface area contributed by atoms with Crippen LogP contribution >= 0.6 is 11.6 Å². The number of hydrogen-bond acceptors (Lipinski definition) is 4. The van der Waals surface area contributed by atoms with Crippen LogP contribution in [0.25, 0.3) is 0 Å². The van der Waals surface area contributed by atoms with E-state index >= 15 is 0 Å². The number of ketones is 2. The predicted molar refractivity (Wildman–Crippen MR) is 84.9 cm³/mol. The molecule has 23 heavy (non-hydrogen) atoms. The van der Waals surface area contributed by atoms with Crippen LogP contribution in [0.5, 0.6) is 0 Å². The molecule has 6 heteroatoms. The highest BCUT2D eigenvalue weighted by molar-refractivity contribution is 6.30. The number of carbonyl (C=O) groups excluding carboxylic acids is 2. The minimum Gasteiger partial charge on any atom is -0.390 e. The van der Waals surface area contributed by atoms with E-state index in [1.54, 1.807) is 18.2 Å². The quantitative estimate of drug-likeness (QED) is 0.720. The standard InChI is InChI=1S/C17H13ClFNO3/c18-7-9(21)8-20-13-6-5-12(19)14-15(13)17(23)11-4-2-1-3-10(11)16(14)22/h1-6,9,20-21H,7-8H2. The molecule has 0 spiro atoms. The highest BCUT2D eigenvalue weighted by atomic mass is 35.5. The van der Waals surface area contributed by atoms with E-state index in [4.69, 9.17) is 11.6 Å². The first-order valence-corrected chi connectivity index (χ1v) is 7.57. The van der Waals surface area contributed by atoms with Gasteiger partial charge in [0.1, 0.15) is 5.82 Å². The number of halogens is 2. The number of alkyl halides is 1. The zero-order valence-corrected chi connectivity index (χ0v) is 12.7. The van der Waals surface area contributed by atoms with Crippen LogP contribution in [0, 0.1) is 5.82 Å². The number of rotatable bonds is 4. The average Bonchev–Trinajstić information content (AvgIpc) is 2.58. The number of aliphatic hydroxyl groups excluding tert-OH is 1. The third-order valence-corrected chi connectivity index (χ3v) is 4.09. The van der Waals surface area contributed by atoms with E-state index in [1.165, 1.54) is 12.1 Å². The van der Waals surface area contributed by atoms with E-state index in [0.717, 1.165) is 6.07 Å². The van der Waals surface area contributed by atoms with E-state index in [1.807, 2.05) is 0 Å². The first kappa shape index (κ1) is 15.6. The summed E-state index contributed by atoms with van der Waals surface area (Å²) < 4.78 is 14.2. The Labute approximate surface area is 136 Å². The van der Waals surface area contributed by atoms with Crippen LogP contribution < -0.4 is 5.32 Å². The summed E-state index contributed by atoms with van der Waals surface area (Å²) in [5, 5.41) is 12.4. The van der Waals surface area contributed by atoms with Crippen molar-refractivity contribution in [2.45, 2.75) is 6.10 Å². The molecular weight excluding hydrogens is 321 g/mol. The Kier molecular flexibility index (Phi) is 4.15. The van der Waals surface area contributed by atoms with Crippen LogP contribution in [0.15, 0.2) is 36.4 Å². The summed E-state index contributed by atoms with van der Waals surface area (Å²) in [4.78, 5) is 25.2. The van der Waals surface area contributed by atoms with Gasteiger partial charge in [0.25, 0.3) is 0 Å². The Hall–Kier alpha value is -2.24. The van der Waals surface area contributed by atoms with Crippen LogP contribution in [0.4, 0.5) is 10.1 Å². The second kappa shape index (κ2) is 6.10. The normalized spacial score (nSPS) is 14.2. The molecule has 0 radical (unpaired) electrons. The van der Waals surface area contributed by atoms with Crippen LogP contribution in [-0.4, -0.2) is 35.2 Å². The topological polar surface area (TPSA) is 66.4 Å². The van der Waals surface area contributed by atoms with E-state index in [9.17, 15) is 19.1 Å². The number of aliphatic hydroxyl groups is 1. The van der Waals surface area contributed by atoms with Crippen molar-refractivity contribution >= 4 is 28.9 Å². The van der Waals surface area contributed by atoms with E-state index in [0.29, 0.717) is 5.69 Å². The monoisotopic (exact) mass is 333 g/mol. The summed E-state index contributed by atoms with van der Waals surface area (Å²) in [6.45, 7) is 0.0880. The van der Waals surface area contributed by atoms with Crippen molar-refractivity contribution in [1.82, 2.24) is 0 Å². The summed E-state index contributed by atoms with van der Waals surface area (Å²) in [6, 6.07) is 8.85. The van der Waals surface area contributed by atoms with Crippen molar-refractivity contribution in [3.63, 3.8) is 0 Å². The van der Waals surface area contributed by atoms with Gasteiger partial charge in [0.15, 0.2) is 11.6 Å². The molecule has 1 atom stereocenters. The second-order valence-corrected chi connectivity index (χ2v) is 5.55. The Balaban J connectivity index is 2.11. The lowest BCUT2D eigenvalue weighted by Gasteiger charge is -2.21. The summed E-state index contributed by atoms with van der Waals surface area (Å²) >= 11 is 5.53. The molecule has 0 amide bonds. The minimum absolute atomic E-state index is 0.00419. The third-order valence-electron chi connectivity index (χ3n) is 3.73. The molecule has 3 rings (SSSR count). The average molecular weight is 334 g/mol. The molecule has 0 saturated carbocycles. The van der Waals surface area contributed by atoms with Crippen LogP contribution in [0.2, 0.25) is 0 Å². The molecule has 1 aliphatic rings. The number of nitrogens with one attached hydrogen (secondary N) is 1. The zero-order valence-electron chi connectivity index (χ0n) is 12.0. The van der Waals surface area contributed by atoms with Gasteiger partial charge in [0, 0.05) is 23.4 Å². The SMILES string of the molecule is O=C1c2ccccc2C(=O)c2c(NCC(O)CCl)ccc(F)c21. The van der Waals surface area contributed by atoms with Gasteiger partial charge in [-0.2, -0.15) is 0 Å². The van der Waals surface area contributed by atoms with Gasteiger partial charge in [-0.15, -0.1) is 11.6 Å². The fraction of sp³-hybridized carbons (Fsp3) is 0.176. The smallest absolute Gasteiger partial charge is 0.197 e. The Bertz CT molecular complexity index is 806. The maximum Gasteiger partial charge on any atom is 0.197 e. The van der Waals surface area contributed by atoms with Crippen molar-refractivity contribution in [3.8, 4) is 0 Å². The number of benzene rings is 2. The molecule has 118 valence electrons. The summed E-state index contributed by atoms with van der Waals surface area (Å²) in [7, 11) is 0. The molecule has 0 fully saturated rings. The Morgan fingerprint density at radius 3 is 2.26 bits per heavy atom. The molecule has 2 aromatic carbocycles. The summed E-state index contributed by atoms with van der Waals surface area (Å²) in [5.74, 6) is -1.66. The summed E-state index contributed by atoms with van der Waals surface area (Å²) in [5.41, 5.74) is 0.506. The van der Waals surface area contributed by atoms with E-state index in [-0.39, 0.29) is 34.7 Å². The molecule has 0 bridgehead atoms. The van der Waals surface area contributed by atoms with E-state index in [2.05, 4.69) is 5.32 Å². The van der Waals surface area contributed by atoms with E-state index < -0.39 is 23.5 Å². The first-order chi connectivity index (χ1) is 11.0. The number of fused-ring (bicyclic) bond motifs is 2. The first-order valence-electron chi connectivity index (χ1n) is 7.03.